The lowest BCUT2D eigenvalue weighted by Gasteiger charge is -2.10. The molecule has 0 atom stereocenters. The van der Waals surface area contributed by atoms with Crippen molar-refractivity contribution in [3.8, 4) is 0 Å². The maximum atomic E-state index is 11.5. The predicted molar refractivity (Wildman–Crippen MR) is 77.7 cm³/mol. The highest BCUT2D eigenvalue weighted by Crippen LogP contribution is 2.16. The molecule has 0 radical (unpaired) electrons. The van der Waals surface area contributed by atoms with Crippen LogP contribution in [0.2, 0.25) is 0 Å². The molecule has 1 aromatic carbocycles. The summed E-state index contributed by atoms with van der Waals surface area (Å²) in [7, 11) is 0. The van der Waals surface area contributed by atoms with Gasteiger partial charge in [-0.3, -0.25) is 5.32 Å². The van der Waals surface area contributed by atoms with Crippen LogP contribution in [-0.2, 0) is 9.53 Å². The van der Waals surface area contributed by atoms with Crippen molar-refractivity contribution >= 4 is 23.8 Å². The number of carboxylic acids is 1. The van der Waals surface area contributed by atoms with Crippen LogP contribution in [0.4, 0.5) is 10.5 Å². The van der Waals surface area contributed by atoms with Gasteiger partial charge in [0.25, 0.3) is 0 Å². The zero-order valence-corrected chi connectivity index (χ0v) is 11.8. The van der Waals surface area contributed by atoms with Crippen molar-refractivity contribution in [2.45, 2.75) is 20.8 Å². The first-order valence-corrected chi connectivity index (χ1v) is 6.34. The number of rotatable bonds is 5. The summed E-state index contributed by atoms with van der Waals surface area (Å²) in [4.78, 5) is 22.0. The van der Waals surface area contributed by atoms with Crippen LogP contribution in [-0.4, -0.2) is 23.8 Å². The molecule has 0 heterocycles. The fourth-order valence-corrected chi connectivity index (χ4v) is 1.50. The largest absolute Gasteiger partial charge is 0.478 e. The van der Waals surface area contributed by atoms with Crippen LogP contribution in [0.25, 0.3) is 6.08 Å². The first-order valence-electron chi connectivity index (χ1n) is 6.34. The number of ether oxygens (including phenoxy) is 1. The number of amides is 1. The van der Waals surface area contributed by atoms with Gasteiger partial charge in [-0.15, -0.1) is 0 Å². The smallest absolute Gasteiger partial charge is 0.411 e. The minimum atomic E-state index is -0.996. The molecule has 0 saturated heterocycles. The van der Waals surface area contributed by atoms with Gasteiger partial charge in [0.1, 0.15) is 0 Å². The molecule has 0 aliphatic carbocycles. The summed E-state index contributed by atoms with van der Waals surface area (Å²) < 4.78 is 5.01. The van der Waals surface area contributed by atoms with Crippen LogP contribution in [0, 0.1) is 12.8 Å². The maximum Gasteiger partial charge on any atom is 0.411 e. The highest BCUT2D eigenvalue weighted by molar-refractivity contribution is 5.87. The monoisotopic (exact) mass is 277 g/mol. The SMILES string of the molecule is Cc1cc(NC(=O)OCC(C)C)ccc1C=CC(=O)O. The van der Waals surface area contributed by atoms with E-state index in [2.05, 4.69) is 5.32 Å². The maximum absolute atomic E-state index is 11.5. The van der Waals surface area contributed by atoms with E-state index in [1.807, 2.05) is 20.8 Å². The molecule has 108 valence electrons. The van der Waals surface area contributed by atoms with Gasteiger partial charge in [0.2, 0.25) is 0 Å². The van der Waals surface area contributed by atoms with E-state index >= 15 is 0 Å². The molecule has 0 aromatic heterocycles. The van der Waals surface area contributed by atoms with Crippen LogP contribution >= 0.6 is 0 Å². The standard InChI is InChI=1S/C15H19NO4/c1-10(2)9-20-15(19)16-13-6-4-12(11(3)8-13)5-7-14(17)18/h4-8,10H,9H2,1-3H3,(H,16,19)(H,17,18). The summed E-state index contributed by atoms with van der Waals surface area (Å²) in [6.45, 7) is 6.12. The Balaban J connectivity index is 2.67. The van der Waals surface area contributed by atoms with Crippen molar-refractivity contribution < 1.29 is 19.4 Å². The molecular weight excluding hydrogens is 258 g/mol. The first-order chi connectivity index (χ1) is 9.38. The highest BCUT2D eigenvalue weighted by Gasteiger charge is 2.05. The molecule has 5 heteroatoms. The number of carbonyl (C=O) groups excluding carboxylic acids is 1. The third-order valence-electron chi connectivity index (χ3n) is 2.47. The second kappa shape index (κ2) is 7.33. The van der Waals surface area contributed by atoms with Gasteiger partial charge < -0.3 is 9.84 Å². The van der Waals surface area contributed by atoms with Crippen LogP contribution in [0.15, 0.2) is 24.3 Å². The quantitative estimate of drug-likeness (QED) is 0.810. The Morgan fingerprint density at radius 2 is 2.10 bits per heavy atom. The molecule has 0 bridgehead atoms. The van der Waals surface area contributed by atoms with Crippen LogP contribution in [0.1, 0.15) is 25.0 Å². The molecule has 0 aliphatic rings. The van der Waals surface area contributed by atoms with Gasteiger partial charge in [-0.1, -0.05) is 19.9 Å². The lowest BCUT2D eigenvalue weighted by atomic mass is 10.1. The Hall–Kier alpha value is -2.30. The molecule has 5 nitrogen and oxygen atoms in total. The summed E-state index contributed by atoms with van der Waals surface area (Å²) >= 11 is 0. The summed E-state index contributed by atoms with van der Waals surface area (Å²) in [5, 5.41) is 11.2. The van der Waals surface area contributed by atoms with E-state index in [1.54, 1.807) is 18.2 Å². The van der Waals surface area contributed by atoms with Gasteiger partial charge in [-0.2, -0.15) is 0 Å². The molecule has 20 heavy (non-hydrogen) atoms. The number of benzene rings is 1. The number of carboxylic acid groups (broad SMARTS) is 1. The fraction of sp³-hybridized carbons (Fsp3) is 0.333. The van der Waals surface area contributed by atoms with Gasteiger partial charge in [0.05, 0.1) is 6.61 Å². The van der Waals surface area contributed by atoms with Crippen molar-refractivity contribution in [1.29, 1.82) is 0 Å². The minimum absolute atomic E-state index is 0.283. The van der Waals surface area contributed by atoms with Gasteiger partial charge in [0.15, 0.2) is 0 Å². The lowest BCUT2D eigenvalue weighted by molar-refractivity contribution is -0.131. The third-order valence-corrected chi connectivity index (χ3v) is 2.47. The third kappa shape index (κ3) is 5.56. The Morgan fingerprint density at radius 3 is 2.65 bits per heavy atom. The molecule has 2 N–H and O–H groups in total. The average molecular weight is 277 g/mol. The molecule has 0 saturated carbocycles. The number of anilines is 1. The van der Waals surface area contributed by atoms with Crippen molar-refractivity contribution in [2.24, 2.45) is 5.92 Å². The van der Waals surface area contributed by atoms with Gasteiger partial charge in [-0.25, -0.2) is 9.59 Å². The van der Waals surface area contributed by atoms with E-state index in [0.29, 0.717) is 12.3 Å². The molecule has 1 rings (SSSR count). The second-order valence-electron chi connectivity index (χ2n) is 4.86. The molecular formula is C15H19NO4. The summed E-state index contributed by atoms with van der Waals surface area (Å²) in [5.74, 6) is -0.713. The fourth-order valence-electron chi connectivity index (χ4n) is 1.50. The van der Waals surface area contributed by atoms with E-state index < -0.39 is 12.1 Å². The molecule has 0 unspecified atom stereocenters. The van der Waals surface area contributed by atoms with Crippen LogP contribution in [0.3, 0.4) is 0 Å². The van der Waals surface area contributed by atoms with Crippen molar-refractivity contribution in [3.05, 3.63) is 35.4 Å². The Bertz CT molecular complexity index is 521. The van der Waals surface area contributed by atoms with Crippen LogP contribution < -0.4 is 5.32 Å². The minimum Gasteiger partial charge on any atom is -0.478 e. The second-order valence-corrected chi connectivity index (χ2v) is 4.86. The summed E-state index contributed by atoms with van der Waals surface area (Å²) in [6, 6.07) is 5.20. The zero-order chi connectivity index (χ0) is 15.1. The lowest BCUT2D eigenvalue weighted by Crippen LogP contribution is -2.16. The van der Waals surface area contributed by atoms with E-state index in [4.69, 9.17) is 9.84 Å². The van der Waals surface area contributed by atoms with Crippen LogP contribution in [0.5, 0.6) is 0 Å². The number of aliphatic carboxylic acids is 1. The first kappa shape index (κ1) is 15.8. The van der Waals surface area contributed by atoms with E-state index in [1.165, 1.54) is 6.08 Å². The number of carbonyl (C=O) groups is 2. The Kier molecular flexibility index (Phi) is 5.77. The van der Waals surface area contributed by atoms with Crippen molar-refractivity contribution in [3.63, 3.8) is 0 Å². The van der Waals surface area contributed by atoms with Gasteiger partial charge in [-0.05, 0) is 42.2 Å². The summed E-state index contributed by atoms with van der Waals surface area (Å²) in [5.41, 5.74) is 2.27. The molecule has 0 spiro atoms. The average Bonchev–Trinajstić information content (AvgIpc) is 2.35. The molecule has 1 aromatic rings. The number of nitrogens with one attached hydrogen (secondary N) is 1. The normalized spacial score (nSPS) is 10.8. The number of aryl methyl sites for hydroxylation is 1. The highest BCUT2D eigenvalue weighted by atomic mass is 16.5. The van der Waals surface area contributed by atoms with Gasteiger partial charge >= 0.3 is 12.1 Å². The Morgan fingerprint density at radius 1 is 1.40 bits per heavy atom. The molecule has 0 aliphatic heterocycles. The zero-order valence-electron chi connectivity index (χ0n) is 11.8. The van der Waals surface area contributed by atoms with Crippen molar-refractivity contribution in [2.75, 3.05) is 11.9 Å². The van der Waals surface area contributed by atoms with E-state index in [9.17, 15) is 9.59 Å². The van der Waals surface area contributed by atoms with Gasteiger partial charge in [0, 0.05) is 11.8 Å². The molecule has 1 amide bonds. The summed E-state index contributed by atoms with van der Waals surface area (Å²) in [6.07, 6.45) is 2.09. The number of hydrogen-bond donors (Lipinski definition) is 2. The topological polar surface area (TPSA) is 75.6 Å². The number of hydrogen-bond acceptors (Lipinski definition) is 3. The van der Waals surface area contributed by atoms with Crippen molar-refractivity contribution in [1.82, 2.24) is 0 Å². The van der Waals surface area contributed by atoms with E-state index in [0.717, 1.165) is 17.2 Å². The predicted octanol–water partition coefficient (Wildman–Crippen LogP) is 3.30. The van der Waals surface area contributed by atoms with E-state index in [-0.39, 0.29) is 5.92 Å². The Labute approximate surface area is 118 Å². The molecule has 0 fully saturated rings.